The molecule has 12 nitrogen and oxygen atoms in total. The Kier molecular flexibility index (Phi) is 21.6. The standard InChI is InChI=1S/C.Ca.3H2O4S/c;;3*1-5(2,3)4/h;;3*(H2,1,2,3,4)/q+4;+2;;;/p-6. The molecular weight excluding hydrogens is 340 g/mol. The summed E-state index contributed by atoms with van der Waals surface area (Å²) in [5, 5.41) is 0. The van der Waals surface area contributed by atoms with Crippen molar-refractivity contribution in [2.24, 2.45) is 0 Å². The Morgan fingerprint density at radius 2 is 0.471 bits per heavy atom. The van der Waals surface area contributed by atoms with Crippen LogP contribution in [0, 0.1) is 7.43 Å². The van der Waals surface area contributed by atoms with Crippen LogP contribution < -0.4 is 0 Å². The second-order valence-corrected chi connectivity index (χ2v) is 3.67. The summed E-state index contributed by atoms with van der Waals surface area (Å²) in [7, 11) is -15.5. The maximum absolute atomic E-state index is 8.52. The van der Waals surface area contributed by atoms with Gasteiger partial charge in [0.15, 0.2) is 0 Å². The van der Waals surface area contributed by atoms with Gasteiger partial charge in [-0.3, -0.25) is 25.3 Å². The molecule has 0 aromatic heterocycles. The summed E-state index contributed by atoms with van der Waals surface area (Å²) in [6.45, 7) is 0. The second-order valence-electron chi connectivity index (χ2n) is 1.22. The van der Waals surface area contributed by atoms with Gasteiger partial charge in [-0.15, -0.1) is 0 Å². The zero-order chi connectivity index (χ0) is 13.5. The SMILES string of the molecule is O=S(=O)([O-])[O-].O=S(=O)([O-])[O-].O=S(=O)([O-])[O-].[C+4].[Ca+2]. The van der Waals surface area contributed by atoms with Crippen molar-refractivity contribution in [3.05, 3.63) is 7.43 Å². The summed E-state index contributed by atoms with van der Waals surface area (Å²) in [6.07, 6.45) is 0. The third-order valence-corrected chi connectivity index (χ3v) is 0. The third-order valence-electron chi connectivity index (χ3n) is 0. The molecule has 0 radical (unpaired) electrons. The summed E-state index contributed by atoms with van der Waals surface area (Å²) in [4.78, 5) is 0. The fourth-order valence-electron chi connectivity index (χ4n) is 0. The molecule has 0 aliphatic carbocycles. The smallest absolute Gasteiger partial charge is 0.759 e. The van der Waals surface area contributed by atoms with E-state index in [-0.39, 0.29) is 45.2 Å². The van der Waals surface area contributed by atoms with Gasteiger partial charge in [0.25, 0.3) is 0 Å². The van der Waals surface area contributed by atoms with Crippen LogP contribution in [0.2, 0.25) is 0 Å². The van der Waals surface area contributed by atoms with E-state index in [9.17, 15) is 0 Å². The van der Waals surface area contributed by atoms with Crippen LogP contribution >= 0.6 is 0 Å². The summed E-state index contributed by atoms with van der Waals surface area (Å²) in [5.74, 6) is 0. The van der Waals surface area contributed by atoms with Gasteiger partial charge in [-0.25, -0.2) is 0 Å². The Hall–Kier alpha value is 0.870. The molecule has 0 amide bonds. The molecule has 96 valence electrons. The Morgan fingerprint density at radius 1 is 0.471 bits per heavy atom. The van der Waals surface area contributed by atoms with Gasteiger partial charge in [-0.1, -0.05) is 0 Å². The fraction of sp³-hybridized carbons (Fsp3) is 0. The zero-order valence-corrected chi connectivity index (χ0v) is 12.0. The van der Waals surface area contributed by atoms with Gasteiger partial charge in [0, 0.05) is 31.2 Å². The van der Waals surface area contributed by atoms with Gasteiger partial charge in [0.05, 0.1) is 0 Å². The molecule has 0 aromatic rings. The molecule has 0 fully saturated rings. The van der Waals surface area contributed by atoms with Crippen molar-refractivity contribution in [2.45, 2.75) is 0 Å². The van der Waals surface area contributed by atoms with E-state index in [1.165, 1.54) is 0 Å². The van der Waals surface area contributed by atoms with E-state index in [1.54, 1.807) is 0 Å². The summed E-state index contributed by atoms with van der Waals surface area (Å²) >= 11 is 0. The molecule has 0 bridgehead atoms. The third kappa shape index (κ3) is 4930. The maximum atomic E-state index is 8.52. The minimum Gasteiger partial charge on any atom is -0.759 e. The first-order valence-corrected chi connectivity index (χ1v) is 6.00. The van der Waals surface area contributed by atoms with E-state index < -0.39 is 31.2 Å². The zero-order valence-electron chi connectivity index (χ0n) is 7.33. The van der Waals surface area contributed by atoms with Crippen LogP contribution in [0.15, 0.2) is 0 Å². The average Bonchev–Trinajstić information content (AvgIpc) is 1.41. The first kappa shape index (κ1) is 30.7. The second kappa shape index (κ2) is 11.9. The molecule has 0 unspecified atom stereocenters. The van der Waals surface area contributed by atoms with Crippen molar-refractivity contribution in [1.82, 2.24) is 0 Å². The minimum atomic E-state index is -5.17. The largest absolute Gasteiger partial charge is 4.00 e. The molecule has 16 heteroatoms. The van der Waals surface area contributed by atoms with Crippen molar-refractivity contribution in [3.63, 3.8) is 0 Å². The van der Waals surface area contributed by atoms with Crippen LogP contribution in [0.4, 0.5) is 0 Å². The summed E-state index contributed by atoms with van der Waals surface area (Å²) in [5.41, 5.74) is 0. The Balaban J connectivity index is -0.0000000400. The van der Waals surface area contributed by atoms with Crippen LogP contribution in [0.25, 0.3) is 0 Å². The van der Waals surface area contributed by atoms with Gasteiger partial charge < -0.3 is 27.3 Å². The van der Waals surface area contributed by atoms with Crippen molar-refractivity contribution < 1.29 is 52.6 Å². The van der Waals surface area contributed by atoms with E-state index >= 15 is 0 Å². The average molecular weight is 340 g/mol. The van der Waals surface area contributed by atoms with E-state index in [4.69, 9.17) is 52.6 Å². The molecule has 0 saturated heterocycles. The van der Waals surface area contributed by atoms with Crippen molar-refractivity contribution in [2.75, 3.05) is 0 Å². The van der Waals surface area contributed by atoms with Gasteiger partial charge >= 0.3 is 45.2 Å². The molecule has 0 rings (SSSR count). The molecule has 0 aliphatic heterocycles. The van der Waals surface area contributed by atoms with Crippen molar-refractivity contribution >= 4 is 68.9 Å². The molecule has 0 spiro atoms. The van der Waals surface area contributed by atoms with Gasteiger partial charge in [0.1, 0.15) is 0 Å². The predicted octanol–water partition coefficient (Wildman–Crippen LogP) is -4.31. The molecule has 0 N–H and O–H groups in total. The molecule has 0 saturated carbocycles. The first-order chi connectivity index (χ1) is 6.00. The van der Waals surface area contributed by atoms with E-state index in [2.05, 4.69) is 0 Å². The van der Waals surface area contributed by atoms with E-state index in [0.717, 1.165) is 0 Å². The van der Waals surface area contributed by atoms with Crippen LogP contribution in [0.3, 0.4) is 0 Å². The van der Waals surface area contributed by atoms with Gasteiger partial charge in [-0.05, 0) is 0 Å². The molecule has 0 atom stereocenters. The Morgan fingerprint density at radius 3 is 0.471 bits per heavy atom. The van der Waals surface area contributed by atoms with Crippen LogP contribution in [-0.2, 0) is 31.2 Å². The number of rotatable bonds is 0. The molecule has 0 aromatic carbocycles. The Bertz CT molecular complexity index is 343. The molecular formula is CCaO12S3. The monoisotopic (exact) mass is 340 g/mol. The van der Waals surface area contributed by atoms with Crippen molar-refractivity contribution in [3.8, 4) is 0 Å². The topological polar surface area (TPSA) is 241 Å². The Labute approximate surface area is 128 Å². The van der Waals surface area contributed by atoms with Gasteiger partial charge in [0.2, 0.25) is 0 Å². The van der Waals surface area contributed by atoms with E-state index in [0.29, 0.717) is 0 Å². The van der Waals surface area contributed by atoms with Crippen LogP contribution in [0.1, 0.15) is 0 Å². The molecule has 0 aliphatic rings. The first-order valence-electron chi connectivity index (χ1n) is 2.00. The van der Waals surface area contributed by atoms with Crippen molar-refractivity contribution in [1.29, 1.82) is 0 Å². The summed E-state index contributed by atoms with van der Waals surface area (Å²) < 4.78 is 102. The van der Waals surface area contributed by atoms with Gasteiger partial charge in [-0.2, -0.15) is 0 Å². The van der Waals surface area contributed by atoms with Crippen LogP contribution in [0.5, 0.6) is 0 Å². The molecule has 0 heterocycles. The quantitative estimate of drug-likeness (QED) is 0.231. The van der Waals surface area contributed by atoms with E-state index in [1.807, 2.05) is 0 Å². The summed E-state index contributed by atoms with van der Waals surface area (Å²) in [6, 6.07) is 0. The maximum Gasteiger partial charge on any atom is 4.00 e. The normalized spacial score (nSPS) is 10.2. The van der Waals surface area contributed by atoms with Crippen LogP contribution in [-0.4, -0.2) is 90.3 Å². The molecule has 17 heavy (non-hydrogen) atoms. The number of hydrogen-bond acceptors (Lipinski definition) is 12. The minimum absolute atomic E-state index is 0. The predicted molar refractivity (Wildman–Crippen MR) is 40.4 cm³/mol. The fourth-order valence-corrected chi connectivity index (χ4v) is 0. The number of hydrogen-bond donors (Lipinski definition) is 0.